The van der Waals surface area contributed by atoms with Gasteiger partial charge in [-0.1, -0.05) is 46.3 Å². The molecule has 96 heavy (non-hydrogen) atoms. The van der Waals surface area contributed by atoms with Crippen molar-refractivity contribution in [3.63, 3.8) is 0 Å². The van der Waals surface area contributed by atoms with Gasteiger partial charge in [0.2, 0.25) is 6.29 Å². The van der Waals surface area contributed by atoms with Crippen LogP contribution in [-0.4, -0.2) is 315 Å². The number of carboxylic acids is 1. The highest BCUT2D eigenvalue weighted by Crippen LogP contribution is 2.76. The van der Waals surface area contributed by atoms with E-state index in [0.29, 0.717) is 51.4 Å². The van der Waals surface area contributed by atoms with Gasteiger partial charge in [-0.2, -0.15) is 0 Å². The summed E-state index contributed by atoms with van der Waals surface area (Å²) in [6.45, 7) is 12.6. The minimum atomic E-state index is -2.01. The monoisotopic (exact) mass is 1380 g/mol. The van der Waals surface area contributed by atoms with Crippen molar-refractivity contribution < 1.29 is 158 Å². The van der Waals surface area contributed by atoms with Gasteiger partial charge in [0.15, 0.2) is 37.6 Å². The zero-order valence-corrected chi connectivity index (χ0v) is 55.1. The molecule has 6 aliphatic heterocycles. The first-order valence-corrected chi connectivity index (χ1v) is 33.6. The number of ether oxygens (including phenoxy) is 12. The number of aliphatic hydroxyl groups is 17. The number of allylic oxidation sites excluding steroid dienone is 2. The molecule has 10 fully saturated rings. The van der Waals surface area contributed by atoms with E-state index < -0.39 is 262 Å². The van der Waals surface area contributed by atoms with E-state index in [1.807, 2.05) is 6.92 Å². The average molecular weight is 1380 g/mol. The Morgan fingerprint density at radius 1 is 0.510 bits per heavy atom. The topological polar surface area (TPSA) is 509 Å². The fourth-order valence-electron chi connectivity index (χ4n) is 18.8. The van der Waals surface area contributed by atoms with Crippen LogP contribution >= 0.6 is 0 Å². The van der Waals surface area contributed by atoms with Crippen molar-refractivity contribution in [3.05, 3.63) is 11.6 Å². The normalized spacial score (nSPS) is 55.1. The maximum absolute atomic E-state index is 15.7. The molecule has 4 saturated carbocycles. The largest absolute Gasteiger partial charge is 0.481 e. The number of aliphatic hydroxyl groups excluding tert-OH is 17. The van der Waals surface area contributed by atoms with Gasteiger partial charge in [0.05, 0.1) is 55.6 Å². The molecule has 5 aliphatic carbocycles. The molecule has 11 rings (SSSR count). The number of carbonyl (C=O) groups is 2. The van der Waals surface area contributed by atoms with Crippen LogP contribution in [0.3, 0.4) is 0 Å². The Morgan fingerprint density at radius 2 is 1.05 bits per heavy atom. The number of carboxylic acid groups (broad SMARTS) is 1. The highest BCUT2D eigenvalue weighted by Gasteiger charge is 2.73. The van der Waals surface area contributed by atoms with Crippen molar-refractivity contribution in [1.29, 1.82) is 0 Å². The van der Waals surface area contributed by atoms with Gasteiger partial charge in [-0.15, -0.1) is 0 Å². The van der Waals surface area contributed by atoms with Crippen molar-refractivity contribution >= 4 is 11.9 Å². The Kier molecular flexibility index (Phi) is 21.5. The van der Waals surface area contributed by atoms with Crippen LogP contribution in [0.5, 0.6) is 0 Å². The summed E-state index contributed by atoms with van der Waals surface area (Å²) in [7, 11) is 0. The van der Waals surface area contributed by atoms with Gasteiger partial charge in [-0.3, -0.25) is 9.59 Å². The molecule has 0 radical (unpaired) electrons. The van der Waals surface area contributed by atoms with Gasteiger partial charge in [0, 0.05) is 0 Å². The van der Waals surface area contributed by atoms with Gasteiger partial charge < -0.3 is 149 Å². The van der Waals surface area contributed by atoms with Gasteiger partial charge in [0.1, 0.15) is 122 Å². The predicted molar refractivity (Wildman–Crippen MR) is 317 cm³/mol. The van der Waals surface area contributed by atoms with Crippen LogP contribution < -0.4 is 0 Å². The third-order valence-corrected chi connectivity index (χ3v) is 24.8. The SMILES string of the molecule is C[C@@H]1O[C@@H](O[C@H]2[C@H](OC(=O)[C@]34CCC(C)(C)C[C@H]3C3=CC[C@@H]5[C@@]6(C)C[C@H](O)[C@H](O[C@@H]7O[C@H](CO[C@@H]8O[C@H](CO)[C@@H](O)[C@H](O)[C@H]8O)[C@@H](O)[C@H](O)[C@H]7O)[C@@](C)(C(=O)O)[C@@H]6CC[C@@]5(C)[C@]3(C)CC4)O[C@H](C)[C@H](O)[C@@H]2O)[C@H](O)[C@H](O[C@@H]2OC[C@H](O)[C@H](O)[C@H]2O)[C@H]1O[C@@H]1OC[C@@H](O)[C@H](O)[C@H]1O. The number of fused-ring (bicyclic) bond motifs is 7. The maximum atomic E-state index is 15.7. The second-order valence-corrected chi connectivity index (χ2v) is 30.9. The quantitative estimate of drug-likeness (QED) is 0.0415. The molecule has 11 aliphatic rings. The van der Waals surface area contributed by atoms with Crippen LogP contribution in [-0.2, 0) is 66.4 Å². The van der Waals surface area contributed by atoms with Gasteiger partial charge >= 0.3 is 11.9 Å². The lowest BCUT2D eigenvalue weighted by atomic mass is 9.33. The Morgan fingerprint density at radius 3 is 1.67 bits per heavy atom. The van der Waals surface area contributed by atoms with E-state index >= 15 is 4.79 Å². The summed E-state index contributed by atoms with van der Waals surface area (Å²) in [6.07, 6.45) is -45.1. The summed E-state index contributed by atoms with van der Waals surface area (Å²) in [5.74, 6) is -3.39. The molecule has 38 atom stereocenters. The lowest BCUT2D eigenvalue weighted by Gasteiger charge is -2.71. The molecule has 0 aromatic heterocycles. The molecule has 32 nitrogen and oxygen atoms in total. The number of esters is 1. The van der Waals surface area contributed by atoms with Crippen molar-refractivity contribution in [2.45, 2.75) is 297 Å². The second kappa shape index (κ2) is 27.6. The molecular weight excluding hydrogens is 1280 g/mol. The Labute approximate surface area is 554 Å². The maximum Gasteiger partial charge on any atom is 0.315 e. The van der Waals surface area contributed by atoms with Crippen LogP contribution in [0.2, 0.25) is 0 Å². The van der Waals surface area contributed by atoms with Gasteiger partial charge in [-0.05, 0) is 118 Å². The summed E-state index contributed by atoms with van der Waals surface area (Å²) >= 11 is 0. The first kappa shape index (κ1) is 74.7. The average Bonchev–Trinajstić information content (AvgIpc) is 0.672. The van der Waals surface area contributed by atoms with Crippen LogP contribution in [0.4, 0.5) is 0 Å². The number of hydrogen-bond acceptors (Lipinski definition) is 31. The van der Waals surface area contributed by atoms with E-state index in [0.717, 1.165) is 5.57 Å². The zero-order valence-electron chi connectivity index (χ0n) is 55.1. The minimum Gasteiger partial charge on any atom is -0.481 e. The summed E-state index contributed by atoms with van der Waals surface area (Å²) in [4.78, 5) is 29.8. The molecule has 32 heteroatoms. The van der Waals surface area contributed by atoms with Gasteiger partial charge in [0.25, 0.3) is 0 Å². The van der Waals surface area contributed by atoms with Crippen LogP contribution in [0, 0.1) is 50.2 Å². The molecule has 0 spiro atoms. The van der Waals surface area contributed by atoms with Crippen LogP contribution in [0.25, 0.3) is 0 Å². The third-order valence-electron chi connectivity index (χ3n) is 24.8. The van der Waals surface area contributed by atoms with Crippen molar-refractivity contribution in [2.75, 3.05) is 26.4 Å². The lowest BCUT2D eigenvalue weighted by Crippen LogP contribution is -2.70. The number of aliphatic carboxylic acids is 1. The lowest BCUT2D eigenvalue weighted by molar-refractivity contribution is -0.390. The molecule has 6 saturated heterocycles. The molecule has 0 bridgehead atoms. The van der Waals surface area contributed by atoms with E-state index in [1.165, 1.54) is 20.8 Å². The molecule has 0 aromatic rings. The van der Waals surface area contributed by atoms with Gasteiger partial charge in [-0.25, -0.2) is 0 Å². The molecule has 18 N–H and O–H groups in total. The first-order chi connectivity index (χ1) is 44.9. The highest BCUT2D eigenvalue weighted by atomic mass is 16.8. The van der Waals surface area contributed by atoms with Crippen LogP contribution in [0.15, 0.2) is 11.6 Å². The molecular formula is C64H102O32. The highest BCUT2D eigenvalue weighted by molar-refractivity contribution is 5.79. The molecule has 550 valence electrons. The molecule has 0 unspecified atom stereocenters. The Bertz CT molecular complexity index is 2770. The van der Waals surface area contributed by atoms with Crippen molar-refractivity contribution in [2.24, 2.45) is 50.2 Å². The summed E-state index contributed by atoms with van der Waals surface area (Å²) in [5, 5.41) is 197. The van der Waals surface area contributed by atoms with E-state index in [-0.39, 0.29) is 17.8 Å². The number of hydrogen-bond donors (Lipinski definition) is 18. The van der Waals surface area contributed by atoms with E-state index in [1.54, 1.807) is 0 Å². The third kappa shape index (κ3) is 12.6. The van der Waals surface area contributed by atoms with E-state index in [2.05, 4.69) is 33.8 Å². The molecule has 0 aromatic carbocycles. The van der Waals surface area contributed by atoms with Crippen molar-refractivity contribution in [1.82, 2.24) is 0 Å². The minimum absolute atomic E-state index is 0.0199. The fraction of sp³-hybridized carbons (Fsp3) is 0.938. The Balaban J connectivity index is 0.831. The van der Waals surface area contributed by atoms with E-state index in [4.69, 9.17) is 56.8 Å². The standard InChI is InChI=1S/C64H102O32/c1-23-34(69)41(76)49(94-55-46(81)48(93-53-43(78)36(71)29(68)21-86-53)47(24(2)89-55)92-52-42(77)35(70)28(67)20-85-52)56(88-23)96-58(84)64-15-13-59(3,4)17-26(64)25-9-10-32-60(5)18-27(66)50(63(8,57(82)83)33(60)11-12-62(32,7)61(25,6)14-16-64)95-54-45(80)40(75)38(73)31(91-54)22-87-51-44(79)39(74)37(72)30(19-65)90-51/h9,23-24,26-56,65-81H,10-22H2,1-8H3,(H,82,83)/t23-,24+,26+,27+,28-,29+,30-,31-,32-,33-,34+,35+,36+,37-,38-,39+,40+,41+,42-,43-,44-,45-,46-,47+,48+,49-,50+,51-,52+,53+,54+,55+,56+,60-,61-,62-,63+,64+/m1/s1. The number of rotatable bonds is 15. The molecule has 6 heterocycles. The van der Waals surface area contributed by atoms with E-state index in [9.17, 15) is 96.7 Å². The van der Waals surface area contributed by atoms with Crippen molar-refractivity contribution in [3.8, 4) is 0 Å². The summed E-state index contributed by atoms with van der Waals surface area (Å²) in [5.41, 5.74) is -4.50. The van der Waals surface area contributed by atoms with Crippen LogP contribution in [0.1, 0.15) is 113 Å². The first-order valence-electron chi connectivity index (χ1n) is 33.6. The summed E-state index contributed by atoms with van der Waals surface area (Å²) in [6, 6.07) is 0. The smallest absolute Gasteiger partial charge is 0.315 e. The number of carbonyl (C=O) groups excluding carboxylic acids is 1. The predicted octanol–water partition coefficient (Wildman–Crippen LogP) is -5.02. The molecule has 0 amide bonds. The zero-order chi connectivity index (χ0) is 70.2. The fourth-order valence-corrected chi connectivity index (χ4v) is 18.8. The second-order valence-electron chi connectivity index (χ2n) is 30.9. The summed E-state index contributed by atoms with van der Waals surface area (Å²) < 4.78 is 71.7. The Hall–Kier alpha value is -2.44.